The average Bonchev–Trinajstić information content (AvgIpc) is 2.64. The largest absolute Gasteiger partial charge is 0.478 e. The van der Waals surface area contributed by atoms with E-state index in [2.05, 4.69) is 10.2 Å². The van der Waals surface area contributed by atoms with E-state index < -0.39 is 5.97 Å². The number of nitrogens with zero attached hydrogens (tertiary/aromatic N) is 1. The van der Waals surface area contributed by atoms with Gasteiger partial charge in [0.25, 0.3) is 5.56 Å². The number of para-hydroxylation sites is 2. The van der Waals surface area contributed by atoms with Crippen LogP contribution in [-0.2, 0) is 4.79 Å². The van der Waals surface area contributed by atoms with Gasteiger partial charge in [0.05, 0.1) is 0 Å². The number of rotatable bonds is 5. The molecule has 3 aromatic rings. The molecule has 1 heterocycles. The Morgan fingerprint density at radius 3 is 2.54 bits per heavy atom. The van der Waals surface area contributed by atoms with Crippen LogP contribution in [0.2, 0.25) is 0 Å². The minimum Gasteiger partial charge on any atom is -0.478 e. The molecule has 6 nitrogen and oxygen atoms in total. The summed E-state index contributed by atoms with van der Waals surface area (Å²) < 4.78 is 5.94. The minimum absolute atomic E-state index is 0.375. The number of H-pyrrole nitrogens is 1. The summed E-state index contributed by atoms with van der Waals surface area (Å²) in [5.41, 5.74) is 1.51. The maximum Gasteiger partial charge on any atom is 0.328 e. The third-order valence-electron chi connectivity index (χ3n) is 3.77. The van der Waals surface area contributed by atoms with Gasteiger partial charge in [0.2, 0.25) is 0 Å². The molecule has 0 atom stereocenters. The Morgan fingerprint density at radius 1 is 1.12 bits per heavy atom. The Labute approximate surface area is 149 Å². The van der Waals surface area contributed by atoms with E-state index in [1.807, 2.05) is 42.5 Å². The number of aromatic amines is 1. The zero-order valence-corrected chi connectivity index (χ0v) is 14.0. The molecule has 3 rings (SSSR count). The highest BCUT2D eigenvalue weighted by Gasteiger charge is 2.15. The van der Waals surface area contributed by atoms with Crippen molar-refractivity contribution in [2.24, 2.45) is 0 Å². The fourth-order valence-corrected chi connectivity index (χ4v) is 2.48. The fraction of sp³-hybridized carbons (Fsp3) is 0.0500. The van der Waals surface area contributed by atoms with Crippen molar-refractivity contribution in [2.45, 2.75) is 6.92 Å². The zero-order chi connectivity index (χ0) is 18.5. The highest BCUT2D eigenvalue weighted by molar-refractivity contribution is 5.88. The Kier molecular flexibility index (Phi) is 4.94. The molecular weight excluding hydrogens is 332 g/mol. The third-order valence-corrected chi connectivity index (χ3v) is 3.77. The maximum absolute atomic E-state index is 11.9. The molecule has 0 unspecified atom stereocenters. The van der Waals surface area contributed by atoms with Gasteiger partial charge >= 0.3 is 5.97 Å². The Bertz CT molecular complexity index is 1020. The van der Waals surface area contributed by atoms with Crippen LogP contribution in [0.5, 0.6) is 11.5 Å². The maximum atomic E-state index is 11.9. The smallest absolute Gasteiger partial charge is 0.328 e. The number of ether oxygens (including phenoxy) is 1. The quantitative estimate of drug-likeness (QED) is 0.687. The molecule has 2 N–H and O–H groups in total. The number of hydrogen-bond donors (Lipinski definition) is 2. The van der Waals surface area contributed by atoms with E-state index in [9.17, 15) is 9.59 Å². The second kappa shape index (κ2) is 7.48. The van der Waals surface area contributed by atoms with E-state index in [0.717, 1.165) is 6.08 Å². The lowest BCUT2D eigenvalue weighted by Crippen LogP contribution is -2.14. The van der Waals surface area contributed by atoms with Crippen molar-refractivity contribution >= 4 is 12.0 Å². The van der Waals surface area contributed by atoms with Gasteiger partial charge in [-0.3, -0.25) is 4.79 Å². The lowest BCUT2D eigenvalue weighted by Gasteiger charge is -2.13. The van der Waals surface area contributed by atoms with Crippen LogP contribution in [0.4, 0.5) is 0 Å². The van der Waals surface area contributed by atoms with E-state index in [-0.39, 0.29) is 5.56 Å². The summed E-state index contributed by atoms with van der Waals surface area (Å²) >= 11 is 0. The number of carbonyl (C=O) groups is 1. The third kappa shape index (κ3) is 3.70. The van der Waals surface area contributed by atoms with Crippen LogP contribution in [0, 0.1) is 6.92 Å². The van der Waals surface area contributed by atoms with Gasteiger partial charge in [-0.15, -0.1) is 0 Å². The van der Waals surface area contributed by atoms with Crippen molar-refractivity contribution in [3.8, 4) is 22.8 Å². The van der Waals surface area contributed by atoms with Crippen LogP contribution in [0.25, 0.3) is 17.3 Å². The van der Waals surface area contributed by atoms with Gasteiger partial charge in [0.15, 0.2) is 0 Å². The molecule has 0 fully saturated rings. The lowest BCUT2D eigenvalue weighted by molar-refractivity contribution is -0.131. The summed E-state index contributed by atoms with van der Waals surface area (Å²) in [6.45, 7) is 1.62. The first-order chi connectivity index (χ1) is 12.6. The molecule has 1 aromatic heterocycles. The molecule has 0 saturated carbocycles. The van der Waals surface area contributed by atoms with Crippen molar-refractivity contribution in [3.63, 3.8) is 0 Å². The number of benzene rings is 2. The van der Waals surface area contributed by atoms with Gasteiger partial charge in [0.1, 0.15) is 17.2 Å². The predicted octanol–water partition coefficient (Wildman–Crippen LogP) is 3.64. The van der Waals surface area contributed by atoms with Crippen molar-refractivity contribution in [1.29, 1.82) is 0 Å². The number of carboxylic acids is 1. The van der Waals surface area contributed by atoms with Gasteiger partial charge in [-0.25, -0.2) is 9.89 Å². The molecule has 130 valence electrons. The monoisotopic (exact) mass is 348 g/mol. The number of nitrogens with one attached hydrogen (secondary N) is 1. The van der Waals surface area contributed by atoms with E-state index in [4.69, 9.17) is 9.84 Å². The van der Waals surface area contributed by atoms with Gasteiger partial charge in [-0.2, -0.15) is 5.10 Å². The van der Waals surface area contributed by atoms with Gasteiger partial charge in [-0.1, -0.05) is 30.3 Å². The highest BCUT2D eigenvalue weighted by atomic mass is 16.5. The predicted molar refractivity (Wildman–Crippen MR) is 98.2 cm³/mol. The molecule has 0 bridgehead atoms. The van der Waals surface area contributed by atoms with Crippen LogP contribution in [0.15, 0.2) is 65.5 Å². The SMILES string of the molecule is Cc1c(/C=C/C(=O)O)c(-c2ccccc2Oc2ccccc2)n[nH]c1=O. The van der Waals surface area contributed by atoms with Crippen LogP contribution in [0.1, 0.15) is 11.1 Å². The summed E-state index contributed by atoms with van der Waals surface area (Å²) in [5, 5.41) is 15.5. The number of aliphatic carboxylic acids is 1. The minimum atomic E-state index is -1.11. The van der Waals surface area contributed by atoms with Crippen LogP contribution < -0.4 is 10.3 Å². The Hall–Kier alpha value is -3.67. The molecule has 6 heteroatoms. The molecule has 2 aromatic carbocycles. The second-order valence-electron chi connectivity index (χ2n) is 5.52. The molecular formula is C20H16N2O4. The summed E-state index contributed by atoms with van der Waals surface area (Å²) in [4.78, 5) is 22.8. The van der Waals surface area contributed by atoms with E-state index in [0.29, 0.717) is 33.9 Å². The van der Waals surface area contributed by atoms with Crippen LogP contribution >= 0.6 is 0 Å². The molecule has 0 amide bonds. The molecule has 0 aliphatic heterocycles. The second-order valence-corrected chi connectivity index (χ2v) is 5.52. The first-order valence-corrected chi connectivity index (χ1v) is 7.89. The average molecular weight is 348 g/mol. The molecule has 0 aliphatic rings. The van der Waals surface area contributed by atoms with Crippen LogP contribution in [-0.4, -0.2) is 21.3 Å². The van der Waals surface area contributed by atoms with Gasteiger partial charge in [0, 0.05) is 22.8 Å². The normalized spacial score (nSPS) is 10.8. The molecule has 0 spiro atoms. The molecule has 0 radical (unpaired) electrons. The van der Waals surface area contributed by atoms with Gasteiger partial charge in [-0.05, 0) is 37.3 Å². The summed E-state index contributed by atoms with van der Waals surface area (Å²) in [5.74, 6) is 0.0933. The molecule has 26 heavy (non-hydrogen) atoms. The van der Waals surface area contributed by atoms with Crippen molar-refractivity contribution in [1.82, 2.24) is 10.2 Å². The summed E-state index contributed by atoms with van der Waals surface area (Å²) in [6.07, 6.45) is 2.35. The molecule has 0 saturated heterocycles. The Morgan fingerprint density at radius 2 is 1.81 bits per heavy atom. The topological polar surface area (TPSA) is 92.3 Å². The fourth-order valence-electron chi connectivity index (χ4n) is 2.48. The van der Waals surface area contributed by atoms with E-state index in [1.165, 1.54) is 6.08 Å². The molecule has 0 aliphatic carbocycles. The van der Waals surface area contributed by atoms with Gasteiger partial charge < -0.3 is 9.84 Å². The first kappa shape index (κ1) is 17.2. The lowest BCUT2D eigenvalue weighted by atomic mass is 10.0. The van der Waals surface area contributed by atoms with Crippen LogP contribution in [0.3, 0.4) is 0 Å². The van der Waals surface area contributed by atoms with E-state index in [1.54, 1.807) is 19.1 Å². The Balaban J connectivity index is 2.14. The number of hydrogen-bond acceptors (Lipinski definition) is 4. The van der Waals surface area contributed by atoms with Crippen molar-refractivity contribution in [3.05, 3.63) is 82.2 Å². The summed E-state index contributed by atoms with van der Waals surface area (Å²) in [7, 11) is 0. The first-order valence-electron chi connectivity index (χ1n) is 7.89. The zero-order valence-electron chi connectivity index (χ0n) is 14.0. The number of aromatic nitrogens is 2. The van der Waals surface area contributed by atoms with Crippen molar-refractivity contribution < 1.29 is 14.6 Å². The highest BCUT2D eigenvalue weighted by Crippen LogP contribution is 2.34. The number of carboxylic acid groups (broad SMARTS) is 1. The standard InChI is InChI=1S/C20H16N2O4/c1-13-15(11-12-18(23)24)19(21-22-20(13)25)16-9-5-6-10-17(16)26-14-7-3-2-4-8-14/h2-12H,1H3,(H,22,25)(H,23,24)/b12-11+. The van der Waals surface area contributed by atoms with E-state index >= 15 is 0 Å². The van der Waals surface area contributed by atoms with Crippen molar-refractivity contribution in [2.75, 3.05) is 0 Å². The summed E-state index contributed by atoms with van der Waals surface area (Å²) in [6, 6.07) is 16.5.